The van der Waals surface area contributed by atoms with Crippen molar-refractivity contribution in [2.45, 2.75) is 0 Å². The second-order valence-electron chi connectivity index (χ2n) is 3.27. The van der Waals surface area contributed by atoms with Crippen LogP contribution in [0.2, 0.25) is 0 Å². The summed E-state index contributed by atoms with van der Waals surface area (Å²) in [6.45, 7) is 0. The summed E-state index contributed by atoms with van der Waals surface area (Å²) in [5, 5.41) is 0. The Bertz CT molecular complexity index is 480. The molecule has 2 rings (SSSR count). The first kappa shape index (κ1) is 13.0. The molecule has 2 aromatic carbocycles. The second kappa shape index (κ2) is 7.06. The number of hydrogen-bond acceptors (Lipinski definition) is 0. The quantitative estimate of drug-likeness (QED) is 0.721. The Balaban J connectivity index is 1.94. The normalized spacial score (nSPS) is 11.5. The van der Waals surface area contributed by atoms with Crippen LogP contribution in [0.3, 0.4) is 0 Å². The third kappa shape index (κ3) is 4.71. The van der Waals surface area contributed by atoms with Crippen LogP contribution in [0.15, 0.2) is 69.6 Å². The molecule has 2 aromatic rings. The monoisotopic (exact) mass is 374 g/mol. The van der Waals surface area contributed by atoms with Gasteiger partial charge in [0.1, 0.15) is 0 Å². The molecule has 86 valence electrons. The van der Waals surface area contributed by atoms with Crippen LogP contribution in [0, 0.1) is 0 Å². The van der Waals surface area contributed by atoms with Crippen molar-refractivity contribution in [3.63, 3.8) is 0 Å². The van der Waals surface area contributed by atoms with E-state index in [-0.39, 0.29) is 15.0 Å². The molecule has 0 atom stereocenters. The molecule has 0 aliphatic rings. The predicted molar refractivity (Wildman–Crippen MR) is 77.6 cm³/mol. The molecular formula is C14H11ClSe2. The van der Waals surface area contributed by atoms with Crippen LogP contribution in [-0.4, -0.2) is 29.9 Å². The Kier molecular flexibility index (Phi) is 5.38. The molecule has 0 bridgehead atoms. The molecule has 0 amide bonds. The van der Waals surface area contributed by atoms with Crippen LogP contribution in [0.25, 0.3) is 0 Å². The van der Waals surface area contributed by atoms with Gasteiger partial charge in [-0.2, -0.15) is 0 Å². The van der Waals surface area contributed by atoms with Gasteiger partial charge in [0.15, 0.2) is 0 Å². The zero-order valence-corrected chi connectivity index (χ0v) is 13.2. The Hall–Kier alpha value is -0.491. The van der Waals surface area contributed by atoms with Gasteiger partial charge in [0.25, 0.3) is 0 Å². The van der Waals surface area contributed by atoms with Gasteiger partial charge in [-0.05, 0) is 0 Å². The molecule has 0 N–H and O–H groups in total. The van der Waals surface area contributed by atoms with E-state index < -0.39 is 0 Å². The molecule has 3 heteroatoms. The van der Waals surface area contributed by atoms with E-state index in [2.05, 4.69) is 53.5 Å². The molecule has 0 spiro atoms. The molecule has 0 aromatic heterocycles. The molecule has 0 aliphatic heterocycles. The van der Waals surface area contributed by atoms with E-state index >= 15 is 0 Å². The number of benzene rings is 2. The van der Waals surface area contributed by atoms with E-state index in [0.29, 0.717) is 15.0 Å². The molecule has 0 saturated carbocycles. The predicted octanol–water partition coefficient (Wildman–Crippen LogP) is 2.08. The molecule has 0 saturated heterocycles. The Morgan fingerprint density at radius 3 is 1.94 bits per heavy atom. The molecule has 0 aliphatic carbocycles. The van der Waals surface area contributed by atoms with Crippen LogP contribution in [0.5, 0.6) is 0 Å². The van der Waals surface area contributed by atoms with Gasteiger partial charge in [-0.25, -0.2) is 0 Å². The molecule has 0 nitrogen and oxygen atoms in total. The maximum absolute atomic E-state index is 6.27. The van der Waals surface area contributed by atoms with Crippen molar-refractivity contribution < 1.29 is 0 Å². The van der Waals surface area contributed by atoms with Gasteiger partial charge < -0.3 is 0 Å². The van der Waals surface area contributed by atoms with Crippen LogP contribution >= 0.6 is 11.6 Å². The first-order valence-corrected chi connectivity index (χ1v) is 9.08. The third-order valence-corrected chi connectivity index (χ3v) is 7.16. The van der Waals surface area contributed by atoms with Gasteiger partial charge >= 0.3 is 120 Å². The summed E-state index contributed by atoms with van der Waals surface area (Å²) in [6, 6.07) is 20.9. The number of halogens is 1. The zero-order chi connectivity index (χ0) is 11.9. The standard InChI is InChI=1S/C14H11ClSe2/c15-14(17-13-9-5-2-6-10-13)11-16-12-7-3-1-4-8-12/h1-11H/b14-11+. The Morgan fingerprint density at radius 1 is 0.824 bits per heavy atom. The van der Waals surface area contributed by atoms with Crippen LogP contribution in [0.4, 0.5) is 0 Å². The zero-order valence-electron chi connectivity index (χ0n) is 9.05. The summed E-state index contributed by atoms with van der Waals surface area (Å²) in [5.74, 6) is 0. The van der Waals surface area contributed by atoms with Gasteiger partial charge in [0.05, 0.1) is 0 Å². The molecule has 0 heterocycles. The van der Waals surface area contributed by atoms with Crippen molar-refractivity contribution in [1.29, 1.82) is 0 Å². The minimum atomic E-state index is 0.249. The van der Waals surface area contributed by atoms with Gasteiger partial charge in [-0.1, -0.05) is 0 Å². The van der Waals surface area contributed by atoms with Crippen molar-refractivity contribution in [3.05, 3.63) is 69.6 Å². The van der Waals surface area contributed by atoms with Crippen LogP contribution < -0.4 is 8.92 Å². The number of rotatable bonds is 4. The fraction of sp³-hybridized carbons (Fsp3) is 0. The summed E-state index contributed by atoms with van der Waals surface area (Å²) >= 11 is 6.86. The maximum atomic E-state index is 6.27. The first-order valence-electron chi connectivity index (χ1n) is 5.15. The molecular weight excluding hydrogens is 362 g/mol. The summed E-state index contributed by atoms with van der Waals surface area (Å²) in [7, 11) is 0. The van der Waals surface area contributed by atoms with Gasteiger partial charge in [-0.3, -0.25) is 0 Å². The topological polar surface area (TPSA) is 0 Å². The fourth-order valence-corrected chi connectivity index (χ4v) is 5.31. The average Bonchev–Trinajstić information content (AvgIpc) is 2.39. The van der Waals surface area contributed by atoms with E-state index in [1.54, 1.807) is 0 Å². The van der Waals surface area contributed by atoms with E-state index in [4.69, 9.17) is 11.6 Å². The summed E-state index contributed by atoms with van der Waals surface area (Å²) < 4.78 is 3.68. The van der Waals surface area contributed by atoms with Gasteiger partial charge in [0.2, 0.25) is 0 Å². The summed E-state index contributed by atoms with van der Waals surface area (Å²) in [4.78, 5) is 2.18. The van der Waals surface area contributed by atoms with Crippen molar-refractivity contribution in [1.82, 2.24) is 0 Å². The SMILES string of the molecule is Cl/C(=C\[Se]c1ccccc1)[Se]c1ccccc1. The molecule has 0 radical (unpaired) electrons. The summed E-state index contributed by atoms with van der Waals surface area (Å²) in [5.41, 5.74) is 0. The Labute approximate surface area is 119 Å². The van der Waals surface area contributed by atoms with Gasteiger partial charge in [-0.15, -0.1) is 0 Å². The fourth-order valence-electron chi connectivity index (χ4n) is 1.24. The van der Waals surface area contributed by atoms with Crippen molar-refractivity contribution in [3.8, 4) is 0 Å². The van der Waals surface area contributed by atoms with E-state index in [9.17, 15) is 0 Å². The van der Waals surface area contributed by atoms with E-state index in [0.717, 1.165) is 3.93 Å². The van der Waals surface area contributed by atoms with E-state index in [1.807, 2.05) is 12.1 Å². The summed E-state index contributed by atoms with van der Waals surface area (Å²) in [6.07, 6.45) is 0. The van der Waals surface area contributed by atoms with E-state index in [1.165, 1.54) is 8.92 Å². The Morgan fingerprint density at radius 2 is 1.35 bits per heavy atom. The van der Waals surface area contributed by atoms with Crippen molar-refractivity contribution in [2.24, 2.45) is 0 Å². The van der Waals surface area contributed by atoms with Crippen molar-refractivity contribution >= 4 is 50.4 Å². The molecule has 0 fully saturated rings. The second-order valence-corrected chi connectivity index (χ2v) is 8.50. The van der Waals surface area contributed by atoms with Crippen LogP contribution in [0.1, 0.15) is 0 Å². The molecule has 0 unspecified atom stereocenters. The first-order chi connectivity index (χ1) is 8.34. The van der Waals surface area contributed by atoms with Gasteiger partial charge in [0, 0.05) is 0 Å². The number of hydrogen-bond donors (Lipinski definition) is 0. The minimum absolute atomic E-state index is 0.249. The molecule has 17 heavy (non-hydrogen) atoms. The van der Waals surface area contributed by atoms with Crippen molar-refractivity contribution in [2.75, 3.05) is 0 Å². The van der Waals surface area contributed by atoms with Crippen LogP contribution in [-0.2, 0) is 0 Å². The third-order valence-electron chi connectivity index (χ3n) is 1.99. The average molecular weight is 373 g/mol.